The van der Waals surface area contributed by atoms with Gasteiger partial charge in [0.1, 0.15) is 0 Å². The Labute approximate surface area is 117 Å². The standard InChI is InChI=1S/C16H17NO3/c1-10-5-6-13-12(8-10)14(18)9-11(2)17(13)16(19)15-4-3-7-20-15/h3-8,11,14,18H,9H2,1-2H3. The van der Waals surface area contributed by atoms with Crippen LogP contribution in [0.5, 0.6) is 0 Å². The first-order valence-corrected chi connectivity index (χ1v) is 6.73. The Bertz CT molecular complexity index is 633. The molecule has 2 unspecified atom stereocenters. The number of hydrogen-bond donors (Lipinski definition) is 1. The fourth-order valence-electron chi connectivity index (χ4n) is 2.78. The molecular weight excluding hydrogens is 254 g/mol. The Balaban J connectivity index is 2.07. The predicted molar refractivity (Wildman–Crippen MR) is 75.7 cm³/mol. The molecule has 1 aliphatic rings. The molecule has 3 rings (SSSR count). The van der Waals surface area contributed by atoms with Crippen LogP contribution in [0.25, 0.3) is 0 Å². The van der Waals surface area contributed by atoms with E-state index in [0.717, 1.165) is 16.8 Å². The number of rotatable bonds is 1. The van der Waals surface area contributed by atoms with Crippen molar-refractivity contribution in [2.45, 2.75) is 32.4 Å². The lowest BCUT2D eigenvalue weighted by atomic mass is 9.92. The topological polar surface area (TPSA) is 53.7 Å². The van der Waals surface area contributed by atoms with E-state index in [9.17, 15) is 9.90 Å². The highest BCUT2D eigenvalue weighted by Gasteiger charge is 2.34. The van der Waals surface area contributed by atoms with Crippen LogP contribution in [0.1, 0.15) is 41.1 Å². The minimum absolute atomic E-state index is 0.0715. The van der Waals surface area contributed by atoms with Crippen LogP contribution in [0.4, 0.5) is 5.69 Å². The molecule has 1 amide bonds. The van der Waals surface area contributed by atoms with E-state index in [2.05, 4.69) is 0 Å². The number of aryl methyl sites for hydroxylation is 1. The van der Waals surface area contributed by atoms with Gasteiger partial charge in [-0.15, -0.1) is 0 Å². The molecule has 104 valence electrons. The van der Waals surface area contributed by atoms with Crippen molar-refractivity contribution in [2.24, 2.45) is 0 Å². The van der Waals surface area contributed by atoms with E-state index in [0.29, 0.717) is 12.2 Å². The molecule has 20 heavy (non-hydrogen) atoms. The van der Waals surface area contributed by atoms with Crippen LogP contribution in [0.15, 0.2) is 41.0 Å². The highest BCUT2D eigenvalue weighted by atomic mass is 16.3. The third kappa shape index (κ3) is 2.02. The molecular formula is C16H17NO3. The molecule has 2 aromatic rings. The smallest absolute Gasteiger partial charge is 0.294 e. The van der Waals surface area contributed by atoms with Gasteiger partial charge in [0, 0.05) is 11.6 Å². The lowest BCUT2D eigenvalue weighted by Crippen LogP contribution is -2.43. The SMILES string of the molecule is Cc1ccc2c(c1)C(O)CC(C)N2C(=O)c1ccco1. The van der Waals surface area contributed by atoms with Gasteiger partial charge in [-0.25, -0.2) is 0 Å². The van der Waals surface area contributed by atoms with E-state index in [4.69, 9.17) is 4.42 Å². The summed E-state index contributed by atoms with van der Waals surface area (Å²) in [5.41, 5.74) is 2.65. The van der Waals surface area contributed by atoms with E-state index in [1.54, 1.807) is 17.0 Å². The molecule has 1 aliphatic heterocycles. The first kappa shape index (κ1) is 12.9. The second kappa shape index (κ2) is 4.80. The van der Waals surface area contributed by atoms with Gasteiger partial charge in [0.05, 0.1) is 18.1 Å². The lowest BCUT2D eigenvalue weighted by molar-refractivity contribution is 0.0922. The van der Waals surface area contributed by atoms with Gasteiger partial charge in [-0.2, -0.15) is 0 Å². The Morgan fingerprint density at radius 1 is 1.40 bits per heavy atom. The maximum atomic E-state index is 12.6. The zero-order chi connectivity index (χ0) is 14.3. The van der Waals surface area contributed by atoms with Gasteiger partial charge in [-0.05, 0) is 38.5 Å². The Hall–Kier alpha value is -2.07. The number of hydrogen-bond acceptors (Lipinski definition) is 3. The number of furan rings is 1. The van der Waals surface area contributed by atoms with Gasteiger partial charge in [0.25, 0.3) is 5.91 Å². The molecule has 4 nitrogen and oxygen atoms in total. The van der Waals surface area contributed by atoms with Crippen molar-refractivity contribution < 1.29 is 14.3 Å². The van der Waals surface area contributed by atoms with Crippen LogP contribution in [-0.4, -0.2) is 17.1 Å². The summed E-state index contributed by atoms with van der Waals surface area (Å²) >= 11 is 0. The van der Waals surface area contributed by atoms with Crippen LogP contribution in [0.2, 0.25) is 0 Å². The monoisotopic (exact) mass is 271 g/mol. The van der Waals surface area contributed by atoms with Crippen molar-refractivity contribution >= 4 is 11.6 Å². The maximum absolute atomic E-state index is 12.6. The number of aliphatic hydroxyl groups excluding tert-OH is 1. The normalized spacial score (nSPS) is 21.6. The molecule has 1 aromatic heterocycles. The van der Waals surface area contributed by atoms with E-state index in [1.807, 2.05) is 32.0 Å². The van der Waals surface area contributed by atoms with Crippen LogP contribution in [-0.2, 0) is 0 Å². The molecule has 1 aromatic carbocycles. The maximum Gasteiger partial charge on any atom is 0.294 e. The first-order chi connectivity index (χ1) is 9.58. The summed E-state index contributed by atoms with van der Waals surface area (Å²) in [7, 11) is 0. The van der Waals surface area contributed by atoms with Gasteiger partial charge in [-0.1, -0.05) is 17.7 Å². The number of benzene rings is 1. The van der Waals surface area contributed by atoms with Crippen LogP contribution in [0.3, 0.4) is 0 Å². The molecule has 0 fully saturated rings. The van der Waals surface area contributed by atoms with Crippen LogP contribution >= 0.6 is 0 Å². The average molecular weight is 271 g/mol. The summed E-state index contributed by atoms with van der Waals surface area (Å²) in [6.45, 7) is 3.91. The second-order valence-electron chi connectivity index (χ2n) is 5.32. The summed E-state index contributed by atoms with van der Waals surface area (Å²) in [4.78, 5) is 14.3. The van der Waals surface area contributed by atoms with Crippen molar-refractivity contribution in [3.63, 3.8) is 0 Å². The third-order valence-electron chi connectivity index (χ3n) is 3.76. The number of aliphatic hydroxyl groups is 1. The molecule has 0 saturated heterocycles. The molecule has 2 atom stereocenters. The number of carbonyl (C=O) groups excluding carboxylic acids is 1. The number of carbonyl (C=O) groups is 1. The summed E-state index contributed by atoms with van der Waals surface area (Å²) in [5, 5.41) is 10.2. The van der Waals surface area contributed by atoms with Crippen LogP contribution in [0, 0.1) is 6.92 Å². The third-order valence-corrected chi connectivity index (χ3v) is 3.76. The summed E-state index contributed by atoms with van der Waals surface area (Å²) in [6.07, 6.45) is 1.50. The number of nitrogens with zero attached hydrogens (tertiary/aromatic N) is 1. The highest BCUT2D eigenvalue weighted by molar-refractivity contribution is 6.05. The molecule has 0 radical (unpaired) electrons. The first-order valence-electron chi connectivity index (χ1n) is 6.73. The molecule has 0 spiro atoms. The summed E-state index contributed by atoms with van der Waals surface area (Å²) in [6, 6.07) is 9.07. The molecule has 4 heteroatoms. The molecule has 0 saturated carbocycles. The number of amides is 1. The van der Waals surface area contributed by atoms with Gasteiger partial charge < -0.3 is 14.4 Å². The van der Waals surface area contributed by atoms with Gasteiger partial charge in [0.15, 0.2) is 5.76 Å². The molecule has 1 N–H and O–H groups in total. The van der Waals surface area contributed by atoms with Crippen molar-refractivity contribution in [3.8, 4) is 0 Å². The Morgan fingerprint density at radius 2 is 2.20 bits per heavy atom. The average Bonchev–Trinajstić information content (AvgIpc) is 2.93. The molecule has 0 aliphatic carbocycles. The summed E-state index contributed by atoms with van der Waals surface area (Å²) < 4.78 is 5.21. The molecule has 2 heterocycles. The summed E-state index contributed by atoms with van der Waals surface area (Å²) in [5.74, 6) is 0.152. The van der Waals surface area contributed by atoms with E-state index in [-0.39, 0.29) is 11.9 Å². The fraction of sp³-hybridized carbons (Fsp3) is 0.312. The molecule has 0 bridgehead atoms. The minimum atomic E-state index is -0.527. The van der Waals surface area contributed by atoms with E-state index in [1.165, 1.54) is 6.26 Å². The van der Waals surface area contributed by atoms with Gasteiger partial charge in [0.2, 0.25) is 0 Å². The lowest BCUT2D eigenvalue weighted by Gasteiger charge is -2.37. The van der Waals surface area contributed by atoms with Crippen molar-refractivity contribution in [1.82, 2.24) is 0 Å². The Kier molecular flexibility index (Phi) is 3.10. The van der Waals surface area contributed by atoms with E-state index >= 15 is 0 Å². The van der Waals surface area contributed by atoms with Crippen molar-refractivity contribution in [1.29, 1.82) is 0 Å². The predicted octanol–water partition coefficient (Wildman–Crippen LogP) is 3.06. The Morgan fingerprint density at radius 3 is 2.90 bits per heavy atom. The minimum Gasteiger partial charge on any atom is -0.459 e. The highest BCUT2D eigenvalue weighted by Crippen LogP contribution is 2.38. The second-order valence-corrected chi connectivity index (χ2v) is 5.32. The quantitative estimate of drug-likeness (QED) is 0.867. The van der Waals surface area contributed by atoms with Gasteiger partial charge in [-0.3, -0.25) is 4.79 Å². The number of fused-ring (bicyclic) bond motifs is 1. The number of anilines is 1. The van der Waals surface area contributed by atoms with E-state index < -0.39 is 6.10 Å². The van der Waals surface area contributed by atoms with Crippen molar-refractivity contribution in [2.75, 3.05) is 4.90 Å². The van der Waals surface area contributed by atoms with Crippen molar-refractivity contribution in [3.05, 3.63) is 53.5 Å². The zero-order valence-corrected chi connectivity index (χ0v) is 11.5. The van der Waals surface area contributed by atoms with Gasteiger partial charge >= 0.3 is 0 Å². The zero-order valence-electron chi connectivity index (χ0n) is 11.5. The fourth-order valence-corrected chi connectivity index (χ4v) is 2.78. The van der Waals surface area contributed by atoms with Crippen LogP contribution < -0.4 is 4.90 Å². The largest absolute Gasteiger partial charge is 0.459 e.